The quantitative estimate of drug-likeness (QED) is 0.540. The van der Waals surface area contributed by atoms with Gasteiger partial charge in [0.05, 0.1) is 18.6 Å². The number of imidazole rings is 1. The van der Waals surface area contributed by atoms with Crippen molar-refractivity contribution in [3.8, 4) is 0 Å². The summed E-state index contributed by atoms with van der Waals surface area (Å²) in [6, 6.07) is 5.44. The summed E-state index contributed by atoms with van der Waals surface area (Å²) in [5.41, 5.74) is 3.46. The molecule has 8 heteroatoms. The van der Waals surface area contributed by atoms with E-state index in [-0.39, 0.29) is 12.5 Å². The monoisotopic (exact) mass is 429 g/mol. The van der Waals surface area contributed by atoms with Gasteiger partial charge in [0, 0.05) is 19.2 Å². The Bertz CT molecular complexity index is 1120. The maximum absolute atomic E-state index is 12.9. The second kappa shape index (κ2) is 7.50. The average molecular weight is 430 g/mol. The van der Waals surface area contributed by atoms with Crippen LogP contribution >= 0.6 is 0 Å². The minimum absolute atomic E-state index is 0.0320. The fourth-order valence-electron chi connectivity index (χ4n) is 5.70. The maximum Gasteiger partial charge on any atom is 0.268 e. The van der Waals surface area contributed by atoms with E-state index < -0.39 is 10.1 Å². The zero-order chi connectivity index (χ0) is 20.9. The molecular weight excluding hydrogens is 402 g/mol. The van der Waals surface area contributed by atoms with Crippen LogP contribution in [0.1, 0.15) is 41.9 Å². The van der Waals surface area contributed by atoms with Crippen LogP contribution in [0.5, 0.6) is 0 Å². The first kappa shape index (κ1) is 19.8. The third kappa shape index (κ3) is 3.78. The van der Waals surface area contributed by atoms with Gasteiger partial charge in [-0.25, -0.2) is 4.98 Å². The first-order valence-electron chi connectivity index (χ1n) is 10.7. The van der Waals surface area contributed by atoms with E-state index in [9.17, 15) is 13.2 Å². The first-order valence-corrected chi connectivity index (χ1v) is 12.5. The number of allylic oxidation sites excluding steroid dienone is 1. The molecule has 1 amide bonds. The highest BCUT2D eigenvalue weighted by Gasteiger charge is 2.46. The number of carbonyl (C=O) groups is 1. The van der Waals surface area contributed by atoms with Gasteiger partial charge in [-0.1, -0.05) is 17.7 Å². The van der Waals surface area contributed by atoms with Gasteiger partial charge in [-0.15, -0.1) is 0 Å². The number of fused-ring (bicyclic) bond motifs is 2. The maximum atomic E-state index is 12.9. The molecule has 5 rings (SSSR count). The topological polar surface area (TPSA) is 89.8 Å². The van der Waals surface area contributed by atoms with E-state index in [1.54, 1.807) is 22.2 Å². The Morgan fingerprint density at radius 3 is 3.00 bits per heavy atom. The van der Waals surface area contributed by atoms with Crippen LogP contribution in [0, 0.1) is 23.7 Å². The van der Waals surface area contributed by atoms with E-state index >= 15 is 0 Å². The summed E-state index contributed by atoms with van der Waals surface area (Å²) in [7, 11) is -3.47. The fourth-order valence-corrected chi connectivity index (χ4v) is 6.08. The zero-order valence-electron chi connectivity index (χ0n) is 17.1. The summed E-state index contributed by atoms with van der Waals surface area (Å²) in [4.78, 5) is 17.4. The van der Waals surface area contributed by atoms with E-state index in [1.807, 2.05) is 12.1 Å². The summed E-state index contributed by atoms with van der Waals surface area (Å²) >= 11 is 0. The predicted octanol–water partition coefficient (Wildman–Crippen LogP) is 2.58. The standard InChI is InChI=1S/C22H27N3O4S/c1-30(27,28)29-8-7-17-13-25-20(3-2-4-21(25)24-17)22(26)23-12-16-11-15-9-14-5-6-18(16)19(15)10-14/h2-4,6,13-16,19H,5,7-12H2,1H3,(H,23,26). The molecule has 2 heterocycles. The van der Waals surface area contributed by atoms with Gasteiger partial charge in [-0.2, -0.15) is 8.42 Å². The van der Waals surface area contributed by atoms with Crippen molar-refractivity contribution >= 4 is 21.7 Å². The van der Waals surface area contributed by atoms with Gasteiger partial charge >= 0.3 is 0 Å². The molecule has 1 N–H and O–H groups in total. The third-order valence-electron chi connectivity index (χ3n) is 6.91. The molecule has 0 spiro atoms. The molecule has 160 valence electrons. The Kier molecular flexibility index (Phi) is 4.94. The minimum atomic E-state index is -3.47. The molecule has 0 saturated heterocycles. The summed E-state index contributed by atoms with van der Waals surface area (Å²) < 4.78 is 28.8. The lowest BCUT2D eigenvalue weighted by atomic mass is 9.85. The molecule has 0 aliphatic heterocycles. The highest BCUT2D eigenvalue weighted by atomic mass is 32.2. The van der Waals surface area contributed by atoms with E-state index in [0.717, 1.165) is 24.0 Å². The van der Waals surface area contributed by atoms with Gasteiger partial charge in [-0.05, 0) is 61.5 Å². The number of nitrogens with zero attached hydrogens (tertiary/aromatic N) is 2. The first-order chi connectivity index (χ1) is 14.4. The molecule has 2 saturated carbocycles. The highest BCUT2D eigenvalue weighted by molar-refractivity contribution is 7.85. The molecule has 3 aliphatic carbocycles. The van der Waals surface area contributed by atoms with Crippen molar-refractivity contribution in [2.24, 2.45) is 23.7 Å². The number of aromatic nitrogens is 2. The van der Waals surface area contributed by atoms with Gasteiger partial charge < -0.3 is 5.32 Å². The summed E-state index contributed by atoms with van der Waals surface area (Å²) in [5.74, 6) is 2.84. The highest BCUT2D eigenvalue weighted by Crippen LogP contribution is 2.56. The molecule has 30 heavy (non-hydrogen) atoms. The molecule has 3 aliphatic rings. The smallest absolute Gasteiger partial charge is 0.268 e. The van der Waals surface area contributed by atoms with Crippen LogP contribution in [0.15, 0.2) is 36.0 Å². The molecule has 2 bridgehead atoms. The lowest BCUT2D eigenvalue weighted by Gasteiger charge is -2.23. The van der Waals surface area contributed by atoms with Gasteiger partial charge in [0.2, 0.25) is 0 Å². The number of carbonyl (C=O) groups excluding carboxylic acids is 1. The van der Waals surface area contributed by atoms with Gasteiger partial charge in [0.1, 0.15) is 11.3 Å². The summed E-state index contributed by atoms with van der Waals surface area (Å²) in [6.45, 7) is 0.715. The molecular formula is C22H27N3O4S. The third-order valence-corrected chi connectivity index (χ3v) is 7.50. The van der Waals surface area contributed by atoms with Crippen LogP contribution in [-0.2, 0) is 20.7 Å². The van der Waals surface area contributed by atoms with Gasteiger partial charge in [0.25, 0.3) is 16.0 Å². The molecule has 4 atom stereocenters. The molecule has 0 radical (unpaired) electrons. The minimum Gasteiger partial charge on any atom is -0.350 e. The van der Waals surface area contributed by atoms with Crippen molar-refractivity contribution in [2.75, 3.05) is 19.4 Å². The molecule has 7 nitrogen and oxygen atoms in total. The fraction of sp³-hybridized carbons (Fsp3) is 0.545. The number of amides is 1. The van der Waals surface area contributed by atoms with Crippen LogP contribution in [0.3, 0.4) is 0 Å². The largest absolute Gasteiger partial charge is 0.350 e. The Hall–Kier alpha value is -2.19. The Morgan fingerprint density at radius 1 is 1.30 bits per heavy atom. The van der Waals surface area contributed by atoms with Crippen LogP contribution in [0.2, 0.25) is 0 Å². The number of nitrogens with one attached hydrogen (secondary N) is 1. The van der Waals surface area contributed by atoms with Crippen molar-refractivity contribution in [3.63, 3.8) is 0 Å². The van der Waals surface area contributed by atoms with Crippen molar-refractivity contribution in [1.29, 1.82) is 0 Å². The summed E-state index contributed by atoms with van der Waals surface area (Å²) in [5, 5.41) is 3.14. The van der Waals surface area contributed by atoms with Crippen LogP contribution in [0.25, 0.3) is 5.65 Å². The second-order valence-electron chi connectivity index (χ2n) is 8.93. The molecule has 4 unspecified atom stereocenters. The average Bonchev–Trinajstić information content (AvgIpc) is 3.33. The molecule has 2 fully saturated rings. The lowest BCUT2D eigenvalue weighted by molar-refractivity contribution is 0.0942. The normalized spacial score (nSPS) is 27.4. The Balaban J connectivity index is 1.26. The van der Waals surface area contributed by atoms with Crippen molar-refractivity contribution in [3.05, 3.63) is 47.4 Å². The Labute approximate surface area is 176 Å². The van der Waals surface area contributed by atoms with Gasteiger partial charge in [0.15, 0.2) is 0 Å². The van der Waals surface area contributed by atoms with Crippen molar-refractivity contribution in [1.82, 2.24) is 14.7 Å². The predicted molar refractivity (Wildman–Crippen MR) is 113 cm³/mol. The second-order valence-corrected chi connectivity index (χ2v) is 10.6. The molecule has 0 aromatic carbocycles. The number of rotatable bonds is 7. The van der Waals surface area contributed by atoms with Crippen LogP contribution in [-0.4, -0.2) is 43.1 Å². The van der Waals surface area contributed by atoms with E-state index in [4.69, 9.17) is 4.18 Å². The van der Waals surface area contributed by atoms with Crippen LogP contribution in [0.4, 0.5) is 0 Å². The van der Waals surface area contributed by atoms with Gasteiger partial charge in [-0.3, -0.25) is 13.4 Å². The number of hydrogen-bond acceptors (Lipinski definition) is 5. The number of pyridine rings is 1. The number of hydrogen-bond donors (Lipinski definition) is 1. The van der Waals surface area contributed by atoms with E-state index in [2.05, 4.69) is 16.4 Å². The zero-order valence-corrected chi connectivity index (χ0v) is 17.9. The summed E-state index contributed by atoms with van der Waals surface area (Å²) in [6.07, 6.45) is 10.7. The SMILES string of the molecule is CS(=O)(=O)OCCc1cn2c(C(=O)NCC3CC4CC5CC=C3C4C5)cccc2n1. The van der Waals surface area contributed by atoms with E-state index in [0.29, 0.717) is 35.9 Å². The Morgan fingerprint density at radius 2 is 2.17 bits per heavy atom. The molecule has 2 aromatic rings. The van der Waals surface area contributed by atoms with Crippen molar-refractivity contribution in [2.45, 2.75) is 32.1 Å². The molecule has 2 aromatic heterocycles. The van der Waals surface area contributed by atoms with E-state index in [1.165, 1.54) is 25.7 Å². The van der Waals surface area contributed by atoms with Crippen molar-refractivity contribution < 1.29 is 17.4 Å². The lowest BCUT2D eigenvalue weighted by Crippen LogP contribution is -2.31. The van der Waals surface area contributed by atoms with Crippen LogP contribution < -0.4 is 5.32 Å².